The number of hydrogen-bond donors (Lipinski definition) is 1. The lowest BCUT2D eigenvalue weighted by Gasteiger charge is -2.51. The van der Waals surface area contributed by atoms with Crippen LogP contribution in [-0.2, 0) is 5.41 Å². The second kappa shape index (κ2) is 5.89. The predicted octanol–water partition coefficient (Wildman–Crippen LogP) is 5.17. The van der Waals surface area contributed by atoms with Crippen LogP contribution in [0.15, 0.2) is 18.2 Å². The van der Waals surface area contributed by atoms with Crippen molar-refractivity contribution >= 4 is 11.6 Å². The molecule has 0 bridgehead atoms. The third-order valence-corrected chi connectivity index (χ3v) is 5.02. The molecule has 1 aliphatic carbocycles. The van der Waals surface area contributed by atoms with E-state index in [0.717, 1.165) is 24.9 Å². The first-order chi connectivity index (χ1) is 9.65. The highest BCUT2D eigenvalue weighted by Gasteiger charge is 2.48. The molecule has 0 radical (unpaired) electrons. The van der Waals surface area contributed by atoms with Crippen LogP contribution in [0.5, 0.6) is 0 Å². The third kappa shape index (κ3) is 3.60. The van der Waals surface area contributed by atoms with E-state index in [1.165, 1.54) is 0 Å². The maximum Gasteiger partial charge on any atom is 0.145 e. The van der Waals surface area contributed by atoms with Gasteiger partial charge in [-0.25, -0.2) is 4.39 Å². The van der Waals surface area contributed by atoms with Crippen molar-refractivity contribution in [3.8, 4) is 0 Å². The average molecular weight is 312 g/mol. The van der Waals surface area contributed by atoms with E-state index in [1.54, 1.807) is 6.07 Å². The number of nitrogens with one attached hydrogen (secondary N) is 1. The Bertz CT molecular complexity index is 498. The van der Waals surface area contributed by atoms with Crippen molar-refractivity contribution in [3.05, 3.63) is 34.6 Å². The molecular formula is C18H27ClFN. The Morgan fingerprint density at radius 1 is 1.33 bits per heavy atom. The standard InChI is InChI=1S/C18H27ClFN/c1-12(2)13-9-18(10-13,11-21-17(3,4)5)14-7-6-8-15(19)16(14)20/h6-8,12-13,21H,9-11H2,1-5H3. The van der Waals surface area contributed by atoms with Gasteiger partial charge in [-0.1, -0.05) is 37.6 Å². The Morgan fingerprint density at radius 3 is 2.48 bits per heavy atom. The van der Waals surface area contributed by atoms with Gasteiger partial charge in [0, 0.05) is 17.5 Å². The summed E-state index contributed by atoms with van der Waals surface area (Å²) in [6, 6.07) is 5.40. The number of halogens is 2. The number of rotatable bonds is 4. The Kier molecular flexibility index (Phi) is 4.70. The van der Waals surface area contributed by atoms with Crippen molar-refractivity contribution in [2.24, 2.45) is 11.8 Å². The molecule has 1 N–H and O–H groups in total. The normalized spacial score (nSPS) is 26.0. The molecule has 0 aromatic heterocycles. The van der Waals surface area contributed by atoms with Crippen molar-refractivity contribution in [3.63, 3.8) is 0 Å². The summed E-state index contributed by atoms with van der Waals surface area (Å²) >= 11 is 5.99. The van der Waals surface area contributed by atoms with Crippen molar-refractivity contribution < 1.29 is 4.39 Å². The van der Waals surface area contributed by atoms with Crippen LogP contribution in [0, 0.1) is 17.7 Å². The molecule has 0 saturated heterocycles. The Balaban J connectivity index is 2.27. The van der Waals surface area contributed by atoms with Gasteiger partial charge in [-0.15, -0.1) is 0 Å². The van der Waals surface area contributed by atoms with E-state index in [9.17, 15) is 4.39 Å². The highest BCUT2D eigenvalue weighted by Crippen LogP contribution is 2.51. The van der Waals surface area contributed by atoms with Crippen LogP contribution in [-0.4, -0.2) is 12.1 Å². The van der Waals surface area contributed by atoms with E-state index in [-0.39, 0.29) is 21.8 Å². The molecule has 1 saturated carbocycles. The molecule has 0 atom stereocenters. The zero-order valence-corrected chi connectivity index (χ0v) is 14.5. The molecule has 0 aliphatic heterocycles. The van der Waals surface area contributed by atoms with Crippen molar-refractivity contribution in [1.82, 2.24) is 5.32 Å². The van der Waals surface area contributed by atoms with Crippen LogP contribution in [0.4, 0.5) is 4.39 Å². The second-order valence-corrected chi connectivity index (χ2v) is 8.30. The first-order valence-electron chi connectivity index (χ1n) is 7.84. The molecule has 1 aliphatic rings. The van der Waals surface area contributed by atoms with Crippen LogP contribution in [0.1, 0.15) is 53.0 Å². The molecule has 118 valence electrons. The lowest BCUT2D eigenvalue weighted by atomic mass is 9.55. The SMILES string of the molecule is CC(C)C1CC(CNC(C)(C)C)(c2cccc(Cl)c2F)C1. The van der Waals surface area contributed by atoms with Crippen LogP contribution in [0.25, 0.3) is 0 Å². The molecule has 2 rings (SSSR count). The Hall–Kier alpha value is -0.600. The van der Waals surface area contributed by atoms with E-state index in [0.29, 0.717) is 11.8 Å². The van der Waals surface area contributed by atoms with Gasteiger partial charge in [-0.3, -0.25) is 0 Å². The topological polar surface area (TPSA) is 12.0 Å². The largest absolute Gasteiger partial charge is 0.311 e. The lowest BCUT2D eigenvalue weighted by molar-refractivity contribution is 0.0881. The van der Waals surface area contributed by atoms with Crippen LogP contribution < -0.4 is 5.32 Å². The van der Waals surface area contributed by atoms with Crippen molar-refractivity contribution in [1.29, 1.82) is 0 Å². The fourth-order valence-corrected chi connectivity index (χ4v) is 3.40. The van der Waals surface area contributed by atoms with Gasteiger partial charge in [0.05, 0.1) is 5.02 Å². The maximum absolute atomic E-state index is 14.5. The van der Waals surface area contributed by atoms with Crippen LogP contribution in [0.2, 0.25) is 5.02 Å². The summed E-state index contributed by atoms with van der Waals surface area (Å²) in [6.07, 6.45) is 2.07. The summed E-state index contributed by atoms with van der Waals surface area (Å²) in [5.74, 6) is 1.08. The van der Waals surface area contributed by atoms with Gasteiger partial charge in [0.1, 0.15) is 5.82 Å². The first-order valence-corrected chi connectivity index (χ1v) is 8.22. The smallest absolute Gasteiger partial charge is 0.145 e. The third-order valence-electron chi connectivity index (χ3n) is 4.73. The molecule has 3 heteroatoms. The van der Waals surface area contributed by atoms with Gasteiger partial charge in [-0.05, 0) is 57.1 Å². The van der Waals surface area contributed by atoms with Crippen molar-refractivity contribution in [2.45, 2.75) is 58.4 Å². The second-order valence-electron chi connectivity index (χ2n) is 7.90. The van der Waals surface area contributed by atoms with Gasteiger partial charge in [0.15, 0.2) is 0 Å². The molecule has 0 amide bonds. The quantitative estimate of drug-likeness (QED) is 0.808. The van der Waals surface area contributed by atoms with Gasteiger partial charge in [0.2, 0.25) is 0 Å². The molecule has 0 spiro atoms. The van der Waals surface area contributed by atoms with Gasteiger partial charge in [-0.2, -0.15) is 0 Å². The molecule has 1 aromatic carbocycles. The average Bonchev–Trinajstić information content (AvgIpc) is 2.30. The molecular weight excluding hydrogens is 285 g/mol. The van der Waals surface area contributed by atoms with Gasteiger partial charge >= 0.3 is 0 Å². The van der Waals surface area contributed by atoms with E-state index in [1.807, 2.05) is 12.1 Å². The van der Waals surface area contributed by atoms with Crippen molar-refractivity contribution in [2.75, 3.05) is 6.54 Å². The molecule has 0 unspecified atom stereocenters. The zero-order chi connectivity index (χ0) is 15.8. The monoisotopic (exact) mass is 311 g/mol. The Labute approximate surface area is 133 Å². The highest BCUT2D eigenvalue weighted by molar-refractivity contribution is 6.30. The zero-order valence-electron chi connectivity index (χ0n) is 13.8. The summed E-state index contributed by atoms with van der Waals surface area (Å²) in [4.78, 5) is 0. The number of hydrogen-bond acceptors (Lipinski definition) is 1. The van der Waals surface area contributed by atoms with Gasteiger partial charge < -0.3 is 5.32 Å². The summed E-state index contributed by atoms with van der Waals surface area (Å²) in [7, 11) is 0. The first kappa shape index (κ1) is 16.8. The van der Waals surface area contributed by atoms with E-state index in [4.69, 9.17) is 11.6 Å². The van der Waals surface area contributed by atoms with E-state index >= 15 is 0 Å². The molecule has 1 aromatic rings. The Morgan fingerprint density at radius 2 is 1.95 bits per heavy atom. The summed E-state index contributed by atoms with van der Waals surface area (Å²) < 4.78 is 14.5. The summed E-state index contributed by atoms with van der Waals surface area (Å²) in [5, 5.41) is 3.79. The predicted molar refractivity (Wildman–Crippen MR) is 88.4 cm³/mol. The molecule has 1 nitrogen and oxygen atoms in total. The molecule has 1 fully saturated rings. The molecule has 0 heterocycles. The summed E-state index contributed by atoms with van der Waals surface area (Å²) in [5.41, 5.74) is 0.700. The van der Waals surface area contributed by atoms with E-state index in [2.05, 4.69) is 39.9 Å². The van der Waals surface area contributed by atoms with Crippen LogP contribution >= 0.6 is 11.6 Å². The fourth-order valence-electron chi connectivity index (χ4n) is 3.22. The minimum Gasteiger partial charge on any atom is -0.311 e. The number of benzene rings is 1. The highest BCUT2D eigenvalue weighted by atomic mass is 35.5. The fraction of sp³-hybridized carbons (Fsp3) is 0.667. The van der Waals surface area contributed by atoms with Gasteiger partial charge in [0.25, 0.3) is 0 Å². The minimum atomic E-state index is -0.239. The maximum atomic E-state index is 14.5. The molecule has 21 heavy (non-hydrogen) atoms. The summed E-state index contributed by atoms with van der Waals surface area (Å²) in [6.45, 7) is 11.7. The minimum absolute atomic E-state index is 0.0327. The lowest BCUT2D eigenvalue weighted by Crippen LogP contribution is -2.53. The van der Waals surface area contributed by atoms with E-state index < -0.39 is 0 Å². The van der Waals surface area contributed by atoms with Crippen LogP contribution in [0.3, 0.4) is 0 Å².